The van der Waals surface area contributed by atoms with Gasteiger partial charge >= 0.3 is 0 Å². The maximum atomic E-state index is 12.7. The molecule has 1 aliphatic rings. The lowest BCUT2D eigenvalue weighted by Gasteiger charge is -2.19. The maximum absolute atomic E-state index is 12.7. The molecule has 0 spiro atoms. The number of nitrogens with zero attached hydrogens (tertiary/aromatic N) is 1. The molecule has 23 heavy (non-hydrogen) atoms. The van der Waals surface area contributed by atoms with Gasteiger partial charge in [-0.1, -0.05) is 24.3 Å². The van der Waals surface area contributed by atoms with E-state index in [9.17, 15) is 9.59 Å². The smallest absolute Gasteiger partial charge is 0.257 e. The Morgan fingerprint density at radius 2 is 1.87 bits per heavy atom. The number of nitrogens with one attached hydrogen (secondary N) is 1. The second kappa shape index (κ2) is 6.24. The summed E-state index contributed by atoms with van der Waals surface area (Å²) < 4.78 is 0. The number of para-hydroxylation sites is 1. The van der Waals surface area contributed by atoms with Crippen LogP contribution in [-0.2, 0) is 4.79 Å². The van der Waals surface area contributed by atoms with Crippen LogP contribution in [0.1, 0.15) is 34.3 Å². The molecule has 1 fully saturated rings. The Bertz CT molecular complexity index is 768. The topological polar surface area (TPSA) is 49.4 Å². The fourth-order valence-electron chi connectivity index (χ4n) is 2.88. The molecular weight excluding hydrogens is 288 g/mol. The largest absolute Gasteiger partial charge is 0.322 e. The number of carbonyl (C=O) groups excluding carboxylic acids is 2. The van der Waals surface area contributed by atoms with Crippen molar-refractivity contribution in [3.8, 4) is 0 Å². The zero-order chi connectivity index (χ0) is 16.4. The van der Waals surface area contributed by atoms with E-state index in [1.807, 2.05) is 50.2 Å². The van der Waals surface area contributed by atoms with E-state index < -0.39 is 0 Å². The van der Waals surface area contributed by atoms with E-state index in [-0.39, 0.29) is 11.8 Å². The summed E-state index contributed by atoms with van der Waals surface area (Å²) in [7, 11) is 0. The fourth-order valence-corrected chi connectivity index (χ4v) is 2.88. The lowest BCUT2D eigenvalue weighted by Crippen LogP contribution is -2.27. The minimum Gasteiger partial charge on any atom is -0.322 e. The van der Waals surface area contributed by atoms with Gasteiger partial charge in [-0.2, -0.15) is 0 Å². The monoisotopic (exact) mass is 308 g/mol. The van der Waals surface area contributed by atoms with Crippen molar-refractivity contribution in [2.45, 2.75) is 26.7 Å². The lowest BCUT2D eigenvalue weighted by molar-refractivity contribution is -0.117. The third kappa shape index (κ3) is 2.97. The molecule has 1 saturated heterocycles. The van der Waals surface area contributed by atoms with Crippen LogP contribution in [0.25, 0.3) is 0 Å². The average molecular weight is 308 g/mol. The average Bonchev–Trinajstić information content (AvgIpc) is 2.98. The number of carbonyl (C=O) groups is 2. The molecule has 2 aromatic rings. The van der Waals surface area contributed by atoms with Crippen LogP contribution in [0.2, 0.25) is 0 Å². The summed E-state index contributed by atoms with van der Waals surface area (Å²) in [4.78, 5) is 26.4. The maximum Gasteiger partial charge on any atom is 0.257 e. The summed E-state index contributed by atoms with van der Waals surface area (Å²) in [5.41, 5.74) is 4.21. The molecule has 1 N–H and O–H groups in total. The molecule has 4 heteroatoms. The molecule has 4 nitrogen and oxygen atoms in total. The summed E-state index contributed by atoms with van der Waals surface area (Å²) in [5.74, 6) is -0.106. The molecule has 1 aliphatic heterocycles. The molecular formula is C19H20N2O2. The predicted octanol–water partition coefficient (Wildman–Crippen LogP) is 3.68. The summed E-state index contributed by atoms with van der Waals surface area (Å²) in [6, 6.07) is 13.1. The van der Waals surface area contributed by atoms with Crippen LogP contribution >= 0.6 is 0 Å². The van der Waals surface area contributed by atoms with Gasteiger partial charge in [0.1, 0.15) is 0 Å². The third-order valence-corrected chi connectivity index (χ3v) is 4.37. The molecule has 0 unspecified atom stereocenters. The van der Waals surface area contributed by atoms with Crippen molar-refractivity contribution in [3.05, 3.63) is 59.2 Å². The Hall–Kier alpha value is -2.62. The van der Waals surface area contributed by atoms with Gasteiger partial charge in [0.05, 0.1) is 11.3 Å². The molecule has 2 amide bonds. The number of anilines is 2. The molecule has 3 rings (SSSR count). The van der Waals surface area contributed by atoms with Gasteiger partial charge in [-0.05, 0) is 49.6 Å². The molecule has 2 aromatic carbocycles. The van der Waals surface area contributed by atoms with Gasteiger partial charge in [0.2, 0.25) is 5.91 Å². The predicted molar refractivity (Wildman–Crippen MR) is 91.9 cm³/mol. The van der Waals surface area contributed by atoms with Crippen molar-refractivity contribution in [2.75, 3.05) is 16.8 Å². The van der Waals surface area contributed by atoms with E-state index in [1.165, 1.54) is 0 Å². The molecule has 0 radical (unpaired) electrons. The standard InChI is InChI=1S/C19H20N2O2/c1-13-7-5-9-16(14(13)2)20-19(23)15-8-3-4-10-17(15)21-12-6-11-18(21)22/h3-5,7-10H,6,11-12H2,1-2H3,(H,20,23). The summed E-state index contributed by atoms with van der Waals surface area (Å²) in [6.45, 7) is 4.68. The number of hydrogen-bond donors (Lipinski definition) is 1. The summed E-state index contributed by atoms with van der Waals surface area (Å²) in [6.07, 6.45) is 1.39. The zero-order valence-electron chi connectivity index (χ0n) is 13.4. The molecule has 0 aliphatic carbocycles. The van der Waals surface area contributed by atoms with E-state index in [1.54, 1.807) is 11.0 Å². The molecule has 1 heterocycles. The Morgan fingerprint density at radius 3 is 2.61 bits per heavy atom. The normalized spacial score (nSPS) is 14.2. The summed E-state index contributed by atoms with van der Waals surface area (Å²) >= 11 is 0. The van der Waals surface area contributed by atoms with Gasteiger partial charge < -0.3 is 10.2 Å². The minimum absolute atomic E-state index is 0.0805. The van der Waals surface area contributed by atoms with Gasteiger partial charge in [0.15, 0.2) is 0 Å². The SMILES string of the molecule is Cc1cccc(NC(=O)c2ccccc2N2CCCC2=O)c1C. The number of aryl methyl sites for hydroxylation is 1. The van der Waals surface area contributed by atoms with Crippen LogP contribution in [0, 0.1) is 13.8 Å². The van der Waals surface area contributed by atoms with Crippen LogP contribution in [0.15, 0.2) is 42.5 Å². The van der Waals surface area contributed by atoms with Gasteiger partial charge in [0, 0.05) is 18.7 Å². The summed E-state index contributed by atoms with van der Waals surface area (Å²) in [5, 5.41) is 2.97. The van der Waals surface area contributed by atoms with Crippen molar-refractivity contribution in [2.24, 2.45) is 0 Å². The van der Waals surface area contributed by atoms with Gasteiger partial charge in [-0.3, -0.25) is 9.59 Å². The highest BCUT2D eigenvalue weighted by molar-refractivity contribution is 6.11. The third-order valence-electron chi connectivity index (χ3n) is 4.37. The first-order chi connectivity index (χ1) is 11.1. The Kier molecular flexibility index (Phi) is 4.15. The van der Waals surface area contributed by atoms with Gasteiger partial charge in [-0.15, -0.1) is 0 Å². The van der Waals surface area contributed by atoms with Crippen LogP contribution in [0.3, 0.4) is 0 Å². The van der Waals surface area contributed by atoms with Gasteiger partial charge in [-0.25, -0.2) is 0 Å². The van der Waals surface area contributed by atoms with Crippen molar-refractivity contribution >= 4 is 23.2 Å². The molecule has 0 bridgehead atoms. The van der Waals surface area contributed by atoms with E-state index in [2.05, 4.69) is 5.32 Å². The Balaban J connectivity index is 1.91. The second-order valence-electron chi connectivity index (χ2n) is 5.87. The first kappa shape index (κ1) is 15.3. The van der Waals surface area contributed by atoms with Crippen LogP contribution in [0.5, 0.6) is 0 Å². The van der Waals surface area contributed by atoms with E-state index in [4.69, 9.17) is 0 Å². The van der Waals surface area contributed by atoms with Crippen LogP contribution in [-0.4, -0.2) is 18.4 Å². The number of benzene rings is 2. The van der Waals surface area contributed by atoms with Gasteiger partial charge in [0.25, 0.3) is 5.91 Å². The Labute approximate surface area is 136 Å². The highest BCUT2D eigenvalue weighted by Gasteiger charge is 2.25. The van der Waals surface area contributed by atoms with Crippen molar-refractivity contribution in [3.63, 3.8) is 0 Å². The number of amides is 2. The van der Waals surface area contributed by atoms with Crippen LogP contribution in [0.4, 0.5) is 11.4 Å². The quantitative estimate of drug-likeness (QED) is 0.940. The van der Waals surface area contributed by atoms with Crippen molar-refractivity contribution in [1.29, 1.82) is 0 Å². The van der Waals surface area contributed by atoms with E-state index in [0.29, 0.717) is 24.2 Å². The zero-order valence-corrected chi connectivity index (χ0v) is 13.4. The lowest BCUT2D eigenvalue weighted by atomic mass is 10.1. The van der Waals surface area contributed by atoms with E-state index in [0.717, 1.165) is 23.2 Å². The number of hydrogen-bond acceptors (Lipinski definition) is 2. The molecule has 0 aromatic heterocycles. The van der Waals surface area contributed by atoms with Crippen LogP contribution < -0.4 is 10.2 Å². The highest BCUT2D eigenvalue weighted by Crippen LogP contribution is 2.27. The fraction of sp³-hybridized carbons (Fsp3) is 0.263. The second-order valence-corrected chi connectivity index (χ2v) is 5.87. The highest BCUT2D eigenvalue weighted by atomic mass is 16.2. The molecule has 118 valence electrons. The van der Waals surface area contributed by atoms with Crippen molar-refractivity contribution < 1.29 is 9.59 Å². The van der Waals surface area contributed by atoms with Crippen molar-refractivity contribution in [1.82, 2.24) is 0 Å². The first-order valence-electron chi connectivity index (χ1n) is 7.85. The molecule has 0 atom stereocenters. The minimum atomic E-state index is -0.186. The van der Waals surface area contributed by atoms with E-state index >= 15 is 0 Å². The Morgan fingerprint density at radius 1 is 1.09 bits per heavy atom. The number of rotatable bonds is 3. The molecule has 0 saturated carbocycles. The first-order valence-corrected chi connectivity index (χ1v) is 7.85.